The lowest BCUT2D eigenvalue weighted by Gasteiger charge is -2.38. The summed E-state index contributed by atoms with van der Waals surface area (Å²) in [7, 11) is 0. The third-order valence-corrected chi connectivity index (χ3v) is 7.35. The van der Waals surface area contributed by atoms with Crippen molar-refractivity contribution in [1.29, 1.82) is 5.26 Å². The number of nitriles is 1. The number of piperidine rings is 1. The standard InChI is InChI=1S/C20H30N4O3.C8H7NS/c1-3-27-19(25)7-6-16-14-24(11-8-15(16)2)20(26)18(22)9-12-23-10-4-5-17(23)13-21;10-8-3-1-2-7-6(8)4-5-9-7/h4-5,10,15-16,18H,3,6-9,11-12,14,22H2,1-2H3;1-5,9-10H/t15?,16-,18?;/m0./s1. The van der Waals surface area contributed by atoms with Crippen LogP contribution < -0.4 is 5.73 Å². The summed E-state index contributed by atoms with van der Waals surface area (Å²) in [6.07, 6.45) is 6.27. The van der Waals surface area contributed by atoms with Crippen molar-refractivity contribution in [1.82, 2.24) is 14.5 Å². The number of carbonyl (C=O) groups is 2. The minimum atomic E-state index is -0.585. The summed E-state index contributed by atoms with van der Waals surface area (Å²) in [4.78, 5) is 30.3. The van der Waals surface area contributed by atoms with Gasteiger partial charge in [0.15, 0.2) is 0 Å². The lowest BCUT2D eigenvalue weighted by atomic mass is 9.83. The van der Waals surface area contributed by atoms with Gasteiger partial charge in [0.05, 0.1) is 12.6 Å². The molecule has 2 aromatic heterocycles. The molecular formula is C28H37N5O3S. The van der Waals surface area contributed by atoms with Crippen molar-refractivity contribution in [2.75, 3.05) is 19.7 Å². The van der Waals surface area contributed by atoms with Crippen molar-refractivity contribution in [3.8, 4) is 6.07 Å². The highest BCUT2D eigenvalue weighted by Gasteiger charge is 2.31. The number of ether oxygens (including phenoxy) is 1. The third kappa shape index (κ3) is 7.88. The van der Waals surface area contributed by atoms with Gasteiger partial charge >= 0.3 is 5.97 Å². The van der Waals surface area contributed by atoms with Gasteiger partial charge in [-0.2, -0.15) is 5.26 Å². The number of aryl methyl sites for hydroxylation is 1. The Balaban J connectivity index is 0.000000313. The van der Waals surface area contributed by atoms with E-state index in [0.717, 1.165) is 23.3 Å². The van der Waals surface area contributed by atoms with Crippen LogP contribution in [0.5, 0.6) is 0 Å². The zero-order valence-electron chi connectivity index (χ0n) is 21.6. The Labute approximate surface area is 224 Å². The quantitative estimate of drug-likeness (QED) is 0.300. The van der Waals surface area contributed by atoms with Crippen LogP contribution in [0.15, 0.2) is 53.7 Å². The fourth-order valence-electron chi connectivity index (χ4n) is 4.68. The Kier molecular flexibility index (Phi) is 10.7. The number of rotatable bonds is 8. The number of likely N-dealkylation sites (tertiary alicyclic amines) is 1. The molecule has 3 N–H and O–H groups in total. The van der Waals surface area contributed by atoms with Crippen LogP contribution in [0.3, 0.4) is 0 Å². The summed E-state index contributed by atoms with van der Waals surface area (Å²) in [5.74, 6) is 0.533. The first-order chi connectivity index (χ1) is 17.8. The van der Waals surface area contributed by atoms with Crippen LogP contribution in [0, 0.1) is 23.2 Å². The molecule has 1 aliphatic rings. The van der Waals surface area contributed by atoms with E-state index in [9.17, 15) is 9.59 Å². The maximum atomic E-state index is 12.7. The van der Waals surface area contributed by atoms with Crippen molar-refractivity contribution in [2.45, 2.75) is 57.0 Å². The second-order valence-electron chi connectivity index (χ2n) is 9.46. The van der Waals surface area contributed by atoms with Crippen molar-refractivity contribution >= 4 is 35.4 Å². The number of aromatic amines is 1. The Morgan fingerprint density at radius 2 is 2.11 bits per heavy atom. The molecule has 1 aliphatic heterocycles. The lowest BCUT2D eigenvalue weighted by Crippen LogP contribution is -2.50. The fourth-order valence-corrected chi connectivity index (χ4v) is 4.96. The fraction of sp³-hybridized carbons (Fsp3) is 0.464. The molecule has 2 unspecified atom stereocenters. The molecule has 37 heavy (non-hydrogen) atoms. The van der Waals surface area contributed by atoms with Crippen LogP contribution in [-0.2, 0) is 20.9 Å². The van der Waals surface area contributed by atoms with E-state index in [-0.39, 0.29) is 17.8 Å². The van der Waals surface area contributed by atoms with Gasteiger partial charge in [0, 0.05) is 54.2 Å². The number of esters is 1. The van der Waals surface area contributed by atoms with Crippen molar-refractivity contribution < 1.29 is 14.3 Å². The topological polar surface area (TPSA) is 117 Å². The predicted molar refractivity (Wildman–Crippen MR) is 147 cm³/mol. The molecule has 3 aromatic rings. The zero-order chi connectivity index (χ0) is 26.8. The summed E-state index contributed by atoms with van der Waals surface area (Å²) in [6.45, 7) is 6.26. The molecule has 0 aliphatic carbocycles. The average molecular weight is 524 g/mol. The first-order valence-corrected chi connectivity index (χ1v) is 13.3. The highest BCUT2D eigenvalue weighted by molar-refractivity contribution is 7.80. The van der Waals surface area contributed by atoms with E-state index in [4.69, 9.17) is 15.7 Å². The number of hydrogen-bond donors (Lipinski definition) is 3. The number of fused-ring (bicyclic) bond motifs is 1. The number of nitrogens with two attached hydrogens (primary N) is 1. The molecule has 1 fully saturated rings. The van der Waals surface area contributed by atoms with Crippen molar-refractivity contribution in [3.05, 3.63) is 54.5 Å². The van der Waals surface area contributed by atoms with Crippen LogP contribution >= 0.6 is 12.6 Å². The molecule has 1 aromatic carbocycles. The van der Waals surface area contributed by atoms with Crippen molar-refractivity contribution in [2.24, 2.45) is 17.6 Å². The molecule has 0 saturated carbocycles. The summed E-state index contributed by atoms with van der Waals surface area (Å²) in [5.41, 5.74) is 7.85. The number of nitrogens with zero attached hydrogens (tertiary/aromatic N) is 3. The molecule has 9 heteroatoms. The monoisotopic (exact) mass is 523 g/mol. The first-order valence-electron chi connectivity index (χ1n) is 12.8. The number of carbonyl (C=O) groups excluding carboxylic acids is 2. The third-order valence-electron chi connectivity index (χ3n) is 6.96. The molecule has 3 heterocycles. The molecule has 0 radical (unpaired) electrons. The van der Waals surface area contributed by atoms with Crippen LogP contribution in [0.1, 0.15) is 45.2 Å². The van der Waals surface area contributed by atoms with E-state index in [0.29, 0.717) is 50.7 Å². The van der Waals surface area contributed by atoms with Crippen LogP contribution in [0.4, 0.5) is 0 Å². The number of amides is 1. The molecule has 1 saturated heterocycles. The lowest BCUT2D eigenvalue weighted by molar-refractivity contribution is -0.143. The van der Waals surface area contributed by atoms with Gasteiger partial charge in [0.25, 0.3) is 0 Å². The van der Waals surface area contributed by atoms with Gasteiger partial charge in [0.1, 0.15) is 11.8 Å². The summed E-state index contributed by atoms with van der Waals surface area (Å²) in [6, 6.07) is 13.1. The van der Waals surface area contributed by atoms with Gasteiger partial charge in [-0.3, -0.25) is 9.59 Å². The van der Waals surface area contributed by atoms with Gasteiger partial charge < -0.3 is 24.9 Å². The van der Waals surface area contributed by atoms with E-state index in [1.165, 1.54) is 5.39 Å². The van der Waals surface area contributed by atoms with Gasteiger partial charge in [-0.25, -0.2) is 0 Å². The molecule has 4 rings (SSSR count). The second-order valence-corrected chi connectivity index (χ2v) is 9.95. The highest BCUT2D eigenvalue weighted by atomic mass is 32.1. The van der Waals surface area contributed by atoms with Gasteiger partial charge in [-0.05, 0) is 68.4 Å². The number of thiol groups is 1. The van der Waals surface area contributed by atoms with Crippen LogP contribution in [0.25, 0.3) is 10.9 Å². The Hall–Kier alpha value is -3.22. The number of benzene rings is 1. The van der Waals surface area contributed by atoms with Gasteiger partial charge in [0.2, 0.25) is 5.91 Å². The number of nitrogens with one attached hydrogen (secondary N) is 1. The Bertz CT molecular complexity index is 1210. The smallest absolute Gasteiger partial charge is 0.305 e. The zero-order valence-corrected chi connectivity index (χ0v) is 22.5. The van der Waals surface area contributed by atoms with Crippen LogP contribution in [0.2, 0.25) is 0 Å². The largest absolute Gasteiger partial charge is 0.466 e. The Morgan fingerprint density at radius 1 is 1.30 bits per heavy atom. The van der Waals surface area contributed by atoms with E-state index in [2.05, 4.69) is 30.6 Å². The van der Waals surface area contributed by atoms with E-state index >= 15 is 0 Å². The number of aromatic nitrogens is 2. The average Bonchev–Trinajstić information content (AvgIpc) is 3.57. The Morgan fingerprint density at radius 3 is 2.84 bits per heavy atom. The molecular weight excluding hydrogens is 486 g/mol. The molecule has 1 amide bonds. The number of H-pyrrole nitrogens is 1. The molecule has 8 nitrogen and oxygen atoms in total. The maximum Gasteiger partial charge on any atom is 0.305 e. The predicted octanol–water partition coefficient (Wildman–Crippen LogP) is 4.36. The second kappa shape index (κ2) is 13.9. The van der Waals surface area contributed by atoms with Gasteiger partial charge in [-0.15, -0.1) is 12.6 Å². The first kappa shape index (κ1) is 28.4. The number of hydrogen-bond acceptors (Lipinski definition) is 6. The summed E-state index contributed by atoms with van der Waals surface area (Å²) >= 11 is 4.30. The van der Waals surface area contributed by atoms with Crippen LogP contribution in [-0.4, -0.2) is 52.1 Å². The minimum Gasteiger partial charge on any atom is -0.466 e. The SMILES string of the molecule is CCOC(=O)CC[C@H]1CN(C(=O)C(N)CCn2cccc2C#N)CCC1C.Sc1cccc2[nH]ccc12. The molecule has 0 spiro atoms. The molecule has 198 valence electrons. The van der Waals surface area contributed by atoms with Crippen molar-refractivity contribution in [3.63, 3.8) is 0 Å². The minimum absolute atomic E-state index is 0.0475. The normalized spacial score (nSPS) is 18.0. The maximum absolute atomic E-state index is 12.7. The van der Waals surface area contributed by atoms with E-state index < -0.39 is 6.04 Å². The van der Waals surface area contributed by atoms with E-state index in [1.54, 1.807) is 13.0 Å². The summed E-state index contributed by atoms with van der Waals surface area (Å²) in [5, 5.41) is 10.2. The molecule has 0 bridgehead atoms. The van der Waals surface area contributed by atoms with E-state index in [1.807, 2.05) is 52.2 Å². The summed E-state index contributed by atoms with van der Waals surface area (Å²) < 4.78 is 6.82. The highest BCUT2D eigenvalue weighted by Crippen LogP contribution is 2.27. The van der Waals surface area contributed by atoms with Gasteiger partial charge in [-0.1, -0.05) is 13.0 Å². The molecule has 3 atom stereocenters.